The number of hydrogen-bond donors (Lipinski definition) is 3. The van der Waals surface area contributed by atoms with Crippen LogP contribution in [0.3, 0.4) is 0 Å². The molecule has 0 bridgehead atoms. The molecule has 4 unspecified atom stereocenters. The monoisotopic (exact) mass is 582 g/mol. The minimum atomic E-state index is -0.693. The Morgan fingerprint density at radius 2 is 1.28 bits per heavy atom. The number of carbonyl (C=O) groups excluding carboxylic acids is 3. The van der Waals surface area contributed by atoms with E-state index in [1.165, 1.54) is 0 Å². The van der Waals surface area contributed by atoms with Gasteiger partial charge in [-0.1, -0.05) is 103 Å². The SMILES string of the molecule is C=CCC(CC(=O)NC(CO)Cc1ccccc1)C(=O)NC(COC(=O)C(CC=C)Cc1ccccc1)c1ccccc1. The lowest BCUT2D eigenvalue weighted by Gasteiger charge is -2.24. The molecule has 3 rings (SSSR count). The first-order valence-electron chi connectivity index (χ1n) is 14.6. The van der Waals surface area contributed by atoms with E-state index in [1.54, 1.807) is 12.2 Å². The maximum Gasteiger partial charge on any atom is 0.309 e. The Hall–Kier alpha value is -4.49. The number of benzene rings is 3. The van der Waals surface area contributed by atoms with Crippen LogP contribution in [0.2, 0.25) is 0 Å². The van der Waals surface area contributed by atoms with E-state index < -0.39 is 23.9 Å². The second kappa shape index (κ2) is 18.1. The zero-order valence-corrected chi connectivity index (χ0v) is 24.6. The number of ether oxygens (including phenoxy) is 1. The van der Waals surface area contributed by atoms with Crippen LogP contribution in [-0.4, -0.2) is 42.1 Å². The third-order valence-electron chi connectivity index (χ3n) is 7.18. The first-order chi connectivity index (χ1) is 20.9. The van der Waals surface area contributed by atoms with Crippen molar-refractivity contribution in [1.82, 2.24) is 10.6 Å². The smallest absolute Gasteiger partial charge is 0.309 e. The third-order valence-corrected chi connectivity index (χ3v) is 7.18. The van der Waals surface area contributed by atoms with E-state index >= 15 is 0 Å². The van der Waals surface area contributed by atoms with Gasteiger partial charge in [-0.15, -0.1) is 13.2 Å². The van der Waals surface area contributed by atoms with Crippen LogP contribution in [0.4, 0.5) is 0 Å². The lowest BCUT2D eigenvalue weighted by Crippen LogP contribution is -2.42. The molecule has 0 aromatic heterocycles. The van der Waals surface area contributed by atoms with E-state index in [-0.39, 0.29) is 43.8 Å². The van der Waals surface area contributed by atoms with E-state index in [9.17, 15) is 19.5 Å². The Kier molecular flexibility index (Phi) is 13.9. The molecule has 0 radical (unpaired) electrons. The number of esters is 1. The van der Waals surface area contributed by atoms with Crippen molar-refractivity contribution in [2.24, 2.45) is 11.8 Å². The molecule has 4 atom stereocenters. The molecule has 0 aliphatic heterocycles. The van der Waals surface area contributed by atoms with Crippen molar-refractivity contribution in [3.63, 3.8) is 0 Å². The van der Waals surface area contributed by atoms with Gasteiger partial charge < -0.3 is 20.5 Å². The fraction of sp³-hybridized carbons (Fsp3) is 0.306. The van der Waals surface area contributed by atoms with Crippen molar-refractivity contribution in [3.05, 3.63) is 133 Å². The number of hydrogen-bond acceptors (Lipinski definition) is 5. The number of amides is 2. The van der Waals surface area contributed by atoms with E-state index in [4.69, 9.17) is 4.74 Å². The molecule has 2 amide bonds. The summed E-state index contributed by atoms with van der Waals surface area (Å²) in [4.78, 5) is 39.5. The third kappa shape index (κ3) is 11.4. The van der Waals surface area contributed by atoms with Crippen LogP contribution in [-0.2, 0) is 32.0 Å². The topological polar surface area (TPSA) is 105 Å². The number of aliphatic hydroxyl groups is 1. The Labute approximate surface area is 254 Å². The highest BCUT2D eigenvalue weighted by Gasteiger charge is 2.27. The normalized spacial score (nSPS) is 13.5. The van der Waals surface area contributed by atoms with Gasteiger partial charge in [0.25, 0.3) is 0 Å². The van der Waals surface area contributed by atoms with Gasteiger partial charge in [-0.2, -0.15) is 0 Å². The molecular weight excluding hydrogens is 540 g/mol. The fourth-order valence-electron chi connectivity index (χ4n) is 4.90. The van der Waals surface area contributed by atoms with Crippen LogP contribution in [0.5, 0.6) is 0 Å². The molecule has 43 heavy (non-hydrogen) atoms. The van der Waals surface area contributed by atoms with Crippen molar-refractivity contribution >= 4 is 17.8 Å². The minimum Gasteiger partial charge on any atom is -0.463 e. The van der Waals surface area contributed by atoms with Crippen molar-refractivity contribution in [2.75, 3.05) is 13.2 Å². The highest BCUT2D eigenvalue weighted by molar-refractivity contribution is 5.86. The molecule has 7 nitrogen and oxygen atoms in total. The number of aliphatic hydroxyl groups excluding tert-OH is 1. The lowest BCUT2D eigenvalue weighted by molar-refractivity contribution is -0.150. The van der Waals surface area contributed by atoms with E-state index in [0.29, 0.717) is 19.3 Å². The van der Waals surface area contributed by atoms with Crippen LogP contribution >= 0.6 is 0 Å². The Balaban J connectivity index is 1.65. The summed E-state index contributed by atoms with van der Waals surface area (Å²) in [5, 5.41) is 15.7. The number of carbonyl (C=O) groups is 3. The Morgan fingerprint density at radius 3 is 1.84 bits per heavy atom. The van der Waals surface area contributed by atoms with Gasteiger partial charge in [0.15, 0.2) is 0 Å². The van der Waals surface area contributed by atoms with Gasteiger partial charge in [-0.25, -0.2) is 0 Å². The highest BCUT2D eigenvalue weighted by Crippen LogP contribution is 2.20. The summed E-state index contributed by atoms with van der Waals surface area (Å²) in [5.74, 6) is -2.15. The van der Waals surface area contributed by atoms with Gasteiger partial charge in [-0.3, -0.25) is 14.4 Å². The van der Waals surface area contributed by atoms with Gasteiger partial charge in [0, 0.05) is 6.42 Å². The molecule has 0 aliphatic carbocycles. The molecular formula is C36H42N2O5. The molecule has 0 heterocycles. The second-order valence-electron chi connectivity index (χ2n) is 10.6. The second-order valence-corrected chi connectivity index (χ2v) is 10.6. The molecule has 3 aromatic carbocycles. The predicted molar refractivity (Wildman–Crippen MR) is 169 cm³/mol. The zero-order valence-electron chi connectivity index (χ0n) is 24.6. The molecule has 0 saturated heterocycles. The van der Waals surface area contributed by atoms with E-state index in [0.717, 1.165) is 16.7 Å². The summed E-state index contributed by atoms with van der Waals surface area (Å²) in [5.41, 5.74) is 2.79. The number of allylic oxidation sites excluding steroid dienone is 2. The van der Waals surface area contributed by atoms with Crippen molar-refractivity contribution in [2.45, 2.75) is 44.2 Å². The molecule has 0 saturated carbocycles. The minimum absolute atomic E-state index is 0.0618. The summed E-state index contributed by atoms with van der Waals surface area (Å²) in [6, 6.07) is 27.5. The standard InChI is InChI=1S/C36H42N2O5/c1-3-14-30(24-34(40)37-32(25-39)23-28-18-10-6-11-19-28)35(41)38-33(29-20-12-7-13-21-29)26-43-36(42)31(15-4-2)22-27-16-8-5-9-17-27/h3-13,16-21,30-33,39H,1-2,14-15,22-26H2,(H,37,40)(H,38,41). The van der Waals surface area contributed by atoms with E-state index in [2.05, 4.69) is 23.8 Å². The van der Waals surface area contributed by atoms with Crippen molar-refractivity contribution in [1.29, 1.82) is 0 Å². The Bertz CT molecular complexity index is 1300. The first-order valence-corrected chi connectivity index (χ1v) is 14.6. The van der Waals surface area contributed by atoms with Crippen molar-refractivity contribution in [3.8, 4) is 0 Å². The van der Waals surface area contributed by atoms with Gasteiger partial charge in [0.2, 0.25) is 11.8 Å². The summed E-state index contributed by atoms with van der Waals surface area (Å²) < 4.78 is 5.76. The van der Waals surface area contributed by atoms with Gasteiger partial charge in [0.1, 0.15) is 6.61 Å². The summed E-state index contributed by atoms with van der Waals surface area (Å²) in [7, 11) is 0. The average molecular weight is 583 g/mol. The number of nitrogens with one attached hydrogen (secondary N) is 2. The average Bonchev–Trinajstić information content (AvgIpc) is 3.03. The van der Waals surface area contributed by atoms with Gasteiger partial charge in [0.05, 0.1) is 30.5 Å². The molecule has 226 valence electrons. The van der Waals surface area contributed by atoms with Crippen LogP contribution in [0, 0.1) is 11.8 Å². The molecule has 0 fully saturated rings. The van der Waals surface area contributed by atoms with Gasteiger partial charge >= 0.3 is 5.97 Å². The first kappa shape index (κ1) is 33.0. The highest BCUT2D eigenvalue weighted by atomic mass is 16.5. The van der Waals surface area contributed by atoms with Crippen molar-refractivity contribution < 1.29 is 24.2 Å². The predicted octanol–water partition coefficient (Wildman–Crippen LogP) is 5.12. The van der Waals surface area contributed by atoms with Crippen LogP contribution in [0.1, 0.15) is 42.0 Å². The quantitative estimate of drug-likeness (QED) is 0.143. The van der Waals surface area contributed by atoms with Crippen LogP contribution < -0.4 is 10.6 Å². The molecule has 3 N–H and O–H groups in total. The molecule has 0 spiro atoms. The fourth-order valence-corrected chi connectivity index (χ4v) is 4.90. The maximum absolute atomic E-state index is 13.5. The summed E-state index contributed by atoms with van der Waals surface area (Å²) in [6.45, 7) is 7.27. The maximum atomic E-state index is 13.5. The molecule has 7 heteroatoms. The van der Waals surface area contributed by atoms with Crippen LogP contribution in [0.25, 0.3) is 0 Å². The largest absolute Gasteiger partial charge is 0.463 e. The lowest BCUT2D eigenvalue weighted by atomic mass is 9.96. The Morgan fingerprint density at radius 1 is 0.744 bits per heavy atom. The zero-order chi connectivity index (χ0) is 30.9. The molecule has 0 aliphatic rings. The van der Waals surface area contributed by atoms with E-state index in [1.807, 2.05) is 91.0 Å². The molecule has 3 aromatic rings. The van der Waals surface area contributed by atoms with Crippen LogP contribution in [0.15, 0.2) is 116 Å². The summed E-state index contributed by atoms with van der Waals surface area (Å²) >= 11 is 0. The number of rotatable bonds is 18. The summed E-state index contributed by atoms with van der Waals surface area (Å²) in [6.07, 6.45) is 4.96. The van der Waals surface area contributed by atoms with Gasteiger partial charge in [-0.05, 0) is 42.4 Å².